The highest BCUT2D eigenvalue weighted by molar-refractivity contribution is 5.72. The van der Waals surface area contributed by atoms with Crippen molar-refractivity contribution in [2.45, 2.75) is 25.9 Å². The summed E-state index contributed by atoms with van der Waals surface area (Å²) in [4.78, 5) is 13.8. The Balaban J connectivity index is 2.23. The fourth-order valence-corrected chi connectivity index (χ4v) is 2.39. The highest BCUT2D eigenvalue weighted by atomic mass is 16.5. The highest BCUT2D eigenvalue weighted by Gasteiger charge is 2.27. The lowest BCUT2D eigenvalue weighted by atomic mass is 9.98. The van der Waals surface area contributed by atoms with Crippen molar-refractivity contribution in [2.24, 2.45) is 5.92 Å². The summed E-state index contributed by atoms with van der Waals surface area (Å²) >= 11 is 0. The van der Waals surface area contributed by atoms with Gasteiger partial charge in [-0.25, -0.2) is 0 Å². The first-order chi connectivity index (χ1) is 9.67. The van der Waals surface area contributed by atoms with Gasteiger partial charge in [-0.1, -0.05) is 0 Å². The second-order valence-electron chi connectivity index (χ2n) is 5.07. The third kappa shape index (κ3) is 6.65. The number of aliphatic hydroxyl groups is 1. The van der Waals surface area contributed by atoms with Crippen molar-refractivity contribution in [3.05, 3.63) is 0 Å². The van der Waals surface area contributed by atoms with E-state index < -0.39 is 6.10 Å². The minimum Gasteiger partial charge on any atom is -0.466 e. The molecule has 1 aliphatic rings. The van der Waals surface area contributed by atoms with Crippen molar-refractivity contribution in [1.82, 2.24) is 4.90 Å². The number of carbonyl (C=O) groups is 1. The number of rotatable bonds is 9. The van der Waals surface area contributed by atoms with E-state index in [2.05, 4.69) is 4.90 Å². The molecule has 6 nitrogen and oxygen atoms in total. The van der Waals surface area contributed by atoms with E-state index in [1.54, 1.807) is 7.11 Å². The largest absolute Gasteiger partial charge is 0.466 e. The molecule has 20 heavy (non-hydrogen) atoms. The van der Waals surface area contributed by atoms with Crippen LogP contribution in [0.1, 0.15) is 19.8 Å². The number of methoxy groups -OCH3 is 1. The van der Waals surface area contributed by atoms with Crippen molar-refractivity contribution in [3.8, 4) is 0 Å². The van der Waals surface area contributed by atoms with Gasteiger partial charge in [-0.05, 0) is 26.3 Å². The van der Waals surface area contributed by atoms with Crippen LogP contribution in [0.5, 0.6) is 0 Å². The van der Waals surface area contributed by atoms with E-state index in [0.717, 1.165) is 19.4 Å². The summed E-state index contributed by atoms with van der Waals surface area (Å²) in [5.74, 6) is -0.187. The summed E-state index contributed by atoms with van der Waals surface area (Å²) < 4.78 is 15.2. The molecule has 0 aromatic heterocycles. The third-order valence-corrected chi connectivity index (χ3v) is 3.34. The van der Waals surface area contributed by atoms with Crippen molar-refractivity contribution in [2.75, 3.05) is 53.2 Å². The van der Waals surface area contributed by atoms with Crippen LogP contribution >= 0.6 is 0 Å². The summed E-state index contributed by atoms with van der Waals surface area (Å²) in [6, 6.07) is 0. The minimum atomic E-state index is -0.534. The van der Waals surface area contributed by atoms with Crippen LogP contribution in [-0.4, -0.2) is 75.3 Å². The monoisotopic (exact) mass is 289 g/mol. The number of ether oxygens (including phenoxy) is 3. The Hall–Kier alpha value is -0.690. The number of nitrogens with zero attached hydrogens (tertiary/aromatic N) is 1. The van der Waals surface area contributed by atoms with E-state index in [1.165, 1.54) is 0 Å². The maximum Gasteiger partial charge on any atom is 0.310 e. The third-order valence-electron chi connectivity index (χ3n) is 3.34. The average Bonchev–Trinajstić information content (AvgIpc) is 2.44. The van der Waals surface area contributed by atoms with Crippen molar-refractivity contribution in [3.63, 3.8) is 0 Å². The SMILES string of the molecule is CCOC(=O)C1CCCN(CC(O)COCCOC)C1. The van der Waals surface area contributed by atoms with Crippen molar-refractivity contribution < 1.29 is 24.1 Å². The van der Waals surface area contributed by atoms with E-state index in [1.807, 2.05) is 6.92 Å². The van der Waals surface area contributed by atoms with Gasteiger partial charge in [0.25, 0.3) is 0 Å². The average molecular weight is 289 g/mol. The Labute approximate surface area is 121 Å². The molecule has 1 fully saturated rings. The molecule has 0 aromatic rings. The summed E-state index contributed by atoms with van der Waals surface area (Å²) in [6.07, 6.45) is 1.30. The molecular formula is C14H27NO5. The molecule has 1 rings (SSSR count). The summed E-state index contributed by atoms with van der Waals surface area (Å²) in [7, 11) is 1.61. The number of likely N-dealkylation sites (tertiary alicyclic amines) is 1. The molecule has 0 spiro atoms. The lowest BCUT2D eigenvalue weighted by Crippen LogP contribution is -2.43. The summed E-state index contributed by atoms with van der Waals surface area (Å²) in [5, 5.41) is 9.91. The fraction of sp³-hybridized carbons (Fsp3) is 0.929. The molecule has 1 saturated heterocycles. The molecule has 0 saturated carbocycles. The van der Waals surface area contributed by atoms with Gasteiger partial charge in [-0.15, -0.1) is 0 Å². The molecule has 0 radical (unpaired) electrons. The number of esters is 1. The van der Waals surface area contributed by atoms with Gasteiger partial charge in [0.15, 0.2) is 0 Å². The first kappa shape index (κ1) is 17.4. The van der Waals surface area contributed by atoms with Crippen LogP contribution in [0.25, 0.3) is 0 Å². The first-order valence-corrected chi connectivity index (χ1v) is 7.31. The summed E-state index contributed by atoms with van der Waals surface area (Å²) in [5.41, 5.74) is 0. The lowest BCUT2D eigenvalue weighted by Gasteiger charge is -2.32. The maximum absolute atomic E-state index is 11.7. The molecule has 6 heteroatoms. The van der Waals surface area contributed by atoms with Gasteiger partial charge in [0.05, 0.1) is 38.4 Å². The van der Waals surface area contributed by atoms with Crippen LogP contribution in [0, 0.1) is 5.92 Å². The zero-order valence-electron chi connectivity index (χ0n) is 12.5. The number of aliphatic hydroxyl groups excluding tert-OH is 1. The molecule has 1 heterocycles. The molecular weight excluding hydrogens is 262 g/mol. The van der Waals surface area contributed by atoms with E-state index in [9.17, 15) is 9.90 Å². The van der Waals surface area contributed by atoms with Gasteiger partial charge >= 0.3 is 5.97 Å². The van der Waals surface area contributed by atoms with E-state index in [-0.39, 0.29) is 11.9 Å². The molecule has 2 unspecified atom stereocenters. The normalized spacial score (nSPS) is 21.6. The predicted molar refractivity (Wildman–Crippen MR) is 74.5 cm³/mol. The van der Waals surface area contributed by atoms with Crippen molar-refractivity contribution in [1.29, 1.82) is 0 Å². The number of piperidine rings is 1. The standard InChI is InChI=1S/C14H27NO5/c1-3-20-14(17)12-5-4-6-15(9-12)10-13(16)11-19-8-7-18-2/h12-13,16H,3-11H2,1-2H3. The Morgan fingerprint density at radius 3 is 2.95 bits per heavy atom. The minimum absolute atomic E-state index is 0.0645. The lowest BCUT2D eigenvalue weighted by molar-refractivity contribution is -0.150. The maximum atomic E-state index is 11.7. The molecule has 0 amide bonds. The topological polar surface area (TPSA) is 68.2 Å². The van der Waals surface area contributed by atoms with Gasteiger partial charge in [0.1, 0.15) is 0 Å². The number of hydrogen-bond acceptors (Lipinski definition) is 6. The van der Waals surface area contributed by atoms with Crippen LogP contribution in [-0.2, 0) is 19.0 Å². The van der Waals surface area contributed by atoms with Crippen LogP contribution < -0.4 is 0 Å². The first-order valence-electron chi connectivity index (χ1n) is 7.31. The van der Waals surface area contributed by atoms with E-state index in [4.69, 9.17) is 14.2 Å². The quantitative estimate of drug-likeness (QED) is 0.486. The fourth-order valence-electron chi connectivity index (χ4n) is 2.39. The van der Waals surface area contributed by atoms with E-state index in [0.29, 0.717) is 39.5 Å². The second-order valence-corrected chi connectivity index (χ2v) is 5.07. The molecule has 0 aliphatic carbocycles. The van der Waals surface area contributed by atoms with Crippen LogP contribution in [0.4, 0.5) is 0 Å². The molecule has 1 aliphatic heterocycles. The Kier molecular flexibility index (Phi) is 8.77. The predicted octanol–water partition coefficient (Wildman–Crippen LogP) is 0.285. The van der Waals surface area contributed by atoms with Gasteiger partial charge in [0, 0.05) is 20.2 Å². The molecule has 1 N–H and O–H groups in total. The highest BCUT2D eigenvalue weighted by Crippen LogP contribution is 2.18. The van der Waals surface area contributed by atoms with Crippen LogP contribution in [0.15, 0.2) is 0 Å². The number of hydrogen-bond donors (Lipinski definition) is 1. The Bertz CT molecular complexity index is 274. The second kappa shape index (κ2) is 10.1. The molecule has 0 bridgehead atoms. The van der Waals surface area contributed by atoms with Gasteiger partial charge in [-0.3, -0.25) is 9.69 Å². The number of β-amino-alcohol motifs (C(OH)–C–C–N with tert-alkyl or cyclic N) is 1. The van der Waals surface area contributed by atoms with Crippen LogP contribution in [0.3, 0.4) is 0 Å². The van der Waals surface area contributed by atoms with Gasteiger partial charge in [-0.2, -0.15) is 0 Å². The number of carbonyl (C=O) groups excluding carboxylic acids is 1. The molecule has 118 valence electrons. The molecule has 2 atom stereocenters. The molecule has 0 aromatic carbocycles. The Morgan fingerprint density at radius 1 is 1.45 bits per heavy atom. The zero-order chi connectivity index (χ0) is 14.8. The van der Waals surface area contributed by atoms with Gasteiger partial charge in [0.2, 0.25) is 0 Å². The smallest absolute Gasteiger partial charge is 0.310 e. The zero-order valence-corrected chi connectivity index (χ0v) is 12.5. The summed E-state index contributed by atoms with van der Waals surface area (Å²) in [6.45, 7) is 5.65. The van der Waals surface area contributed by atoms with Gasteiger partial charge < -0.3 is 19.3 Å². The van der Waals surface area contributed by atoms with Crippen LogP contribution in [0.2, 0.25) is 0 Å². The van der Waals surface area contributed by atoms with E-state index >= 15 is 0 Å². The van der Waals surface area contributed by atoms with Crippen molar-refractivity contribution >= 4 is 5.97 Å². The Morgan fingerprint density at radius 2 is 2.25 bits per heavy atom.